The zero-order valence-electron chi connectivity index (χ0n) is 13.5. The quantitative estimate of drug-likeness (QED) is 0.720. The van der Waals surface area contributed by atoms with Gasteiger partial charge in [0.15, 0.2) is 5.13 Å². The highest BCUT2D eigenvalue weighted by molar-refractivity contribution is 7.15. The van der Waals surface area contributed by atoms with Crippen LogP contribution in [0.1, 0.15) is 44.7 Å². The number of hydrogen-bond donors (Lipinski definition) is 1. The van der Waals surface area contributed by atoms with E-state index in [1.54, 1.807) is 7.11 Å². The van der Waals surface area contributed by atoms with Crippen LogP contribution in [0.3, 0.4) is 0 Å². The predicted octanol–water partition coefficient (Wildman–Crippen LogP) is 3.07. The molecule has 4 nitrogen and oxygen atoms in total. The van der Waals surface area contributed by atoms with E-state index in [9.17, 15) is 0 Å². The van der Waals surface area contributed by atoms with E-state index in [2.05, 4.69) is 37.9 Å². The molecule has 0 unspecified atom stereocenters. The van der Waals surface area contributed by atoms with E-state index >= 15 is 0 Å². The van der Waals surface area contributed by atoms with Gasteiger partial charge in [-0.1, -0.05) is 27.2 Å². The van der Waals surface area contributed by atoms with Gasteiger partial charge in [0.05, 0.1) is 12.3 Å². The fourth-order valence-electron chi connectivity index (χ4n) is 1.96. The Kier molecular flexibility index (Phi) is 8.11. The monoisotopic (exact) mass is 299 g/mol. The van der Waals surface area contributed by atoms with Crippen molar-refractivity contribution in [2.75, 3.05) is 31.7 Å². The Morgan fingerprint density at radius 1 is 1.35 bits per heavy atom. The van der Waals surface area contributed by atoms with Gasteiger partial charge >= 0.3 is 0 Å². The van der Waals surface area contributed by atoms with E-state index in [0.29, 0.717) is 6.04 Å². The third-order valence-electron chi connectivity index (χ3n) is 3.14. The molecule has 5 heteroatoms. The highest BCUT2D eigenvalue weighted by Crippen LogP contribution is 2.27. The van der Waals surface area contributed by atoms with Crippen LogP contribution in [0.25, 0.3) is 0 Å². The zero-order chi connectivity index (χ0) is 15.0. The summed E-state index contributed by atoms with van der Waals surface area (Å²) in [5, 5.41) is 4.63. The first kappa shape index (κ1) is 17.4. The van der Waals surface area contributed by atoms with Crippen LogP contribution in [0.4, 0.5) is 5.13 Å². The van der Waals surface area contributed by atoms with Crippen molar-refractivity contribution in [1.82, 2.24) is 10.3 Å². The first-order valence-corrected chi connectivity index (χ1v) is 8.39. The Balaban J connectivity index is 2.82. The summed E-state index contributed by atoms with van der Waals surface area (Å²) in [5.41, 5.74) is 1.26. The molecule has 0 saturated carbocycles. The van der Waals surface area contributed by atoms with Crippen LogP contribution in [0.5, 0.6) is 0 Å². The minimum atomic E-state index is 0.505. The molecule has 0 amide bonds. The van der Waals surface area contributed by atoms with E-state index in [1.807, 2.05) is 11.3 Å². The Labute approximate surface area is 127 Å². The standard InChI is InChI=1S/C15H29N3OS/c1-6-8-13-14(11-16-12(3)4)20-15(17-13)18(7-2)9-10-19-5/h12,16H,6-11H2,1-5H3. The lowest BCUT2D eigenvalue weighted by Crippen LogP contribution is -2.26. The summed E-state index contributed by atoms with van der Waals surface area (Å²) < 4.78 is 5.18. The molecule has 1 aromatic rings. The van der Waals surface area contributed by atoms with Crippen LogP contribution in [-0.4, -0.2) is 37.8 Å². The van der Waals surface area contributed by atoms with Crippen molar-refractivity contribution in [3.05, 3.63) is 10.6 Å². The topological polar surface area (TPSA) is 37.4 Å². The van der Waals surface area contributed by atoms with E-state index in [1.165, 1.54) is 10.6 Å². The van der Waals surface area contributed by atoms with Gasteiger partial charge < -0.3 is 15.0 Å². The molecule has 0 atom stereocenters. The summed E-state index contributed by atoms with van der Waals surface area (Å²) in [4.78, 5) is 8.53. The number of ether oxygens (including phenoxy) is 1. The second-order valence-corrected chi connectivity index (χ2v) is 6.29. The summed E-state index contributed by atoms with van der Waals surface area (Å²) in [6.07, 6.45) is 2.20. The Morgan fingerprint density at radius 3 is 2.65 bits per heavy atom. The van der Waals surface area contributed by atoms with Gasteiger partial charge in [-0.15, -0.1) is 11.3 Å². The largest absolute Gasteiger partial charge is 0.383 e. The summed E-state index contributed by atoms with van der Waals surface area (Å²) in [7, 11) is 1.75. The van der Waals surface area contributed by atoms with Crippen molar-refractivity contribution >= 4 is 16.5 Å². The molecule has 1 rings (SSSR count). The zero-order valence-corrected chi connectivity index (χ0v) is 14.3. The molecule has 0 aromatic carbocycles. The number of methoxy groups -OCH3 is 1. The summed E-state index contributed by atoms with van der Waals surface area (Å²) >= 11 is 1.82. The molecule has 0 radical (unpaired) electrons. The normalized spacial score (nSPS) is 11.3. The van der Waals surface area contributed by atoms with Gasteiger partial charge in [-0.3, -0.25) is 0 Å². The lowest BCUT2D eigenvalue weighted by molar-refractivity contribution is 0.205. The average Bonchev–Trinajstić information content (AvgIpc) is 2.81. The number of aromatic nitrogens is 1. The highest BCUT2D eigenvalue weighted by Gasteiger charge is 2.15. The molecule has 1 heterocycles. The number of thiazole rings is 1. The molecule has 116 valence electrons. The SMILES string of the molecule is CCCc1nc(N(CC)CCOC)sc1CNC(C)C. The number of nitrogens with one attached hydrogen (secondary N) is 1. The minimum absolute atomic E-state index is 0.505. The molecule has 1 aromatic heterocycles. The smallest absolute Gasteiger partial charge is 0.185 e. The van der Waals surface area contributed by atoms with Crippen molar-refractivity contribution in [2.24, 2.45) is 0 Å². The van der Waals surface area contributed by atoms with Crippen LogP contribution < -0.4 is 10.2 Å². The molecule has 20 heavy (non-hydrogen) atoms. The molecule has 0 aliphatic rings. The van der Waals surface area contributed by atoms with E-state index < -0.39 is 0 Å². The van der Waals surface area contributed by atoms with Gasteiger partial charge in [-0.05, 0) is 13.3 Å². The molecule has 1 N–H and O–H groups in total. The van der Waals surface area contributed by atoms with E-state index in [4.69, 9.17) is 9.72 Å². The Bertz CT molecular complexity index is 379. The number of rotatable bonds is 10. The van der Waals surface area contributed by atoms with Crippen molar-refractivity contribution in [2.45, 2.75) is 53.1 Å². The van der Waals surface area contributed by atoms with Crippen LogP contribution in [0.15, 0.2) is 0 Å². The van der Waals surface area contributed by atoms with Crippen molar-refractivity contribution in [3.8, 4) is 0 Å². The Morgan fingerprint density at radius 2 is 2.10 bits per heavy atom. The van der Waals surface area contributed by atoms with Gasteiger partial charge in [0, 0.05) is 37.7 Å². The van der Waals surface area contributed by atoms with Crippen LogP contribution in [0, 0.1) is 0 Å². The second kappa shape index (κ2) is 9.32. The number of anilines is 1. The second-order valence-electron chi connectivity index (χ2n) is 5.22. The number of hydrogen-bond acceptors (Lipinski definition) is 5. The Hall–Kier alpha value is -0.650. The average molecular weight is 299 g/mol. The maximum atomic E-state index is 5.18. The van der Waals surface area contributed by atoms with Gasteiger partial charge in [-0.2, -0.15) is 0 Å². The fraction of sp³-hybridized carbons (Fsp3) is 0.800. The lowest BCUT2D eigenvalue weighted by atomic mass is 10.2. The first-order valence-electron chi connectivity index (χ1n) is 7.58. The maximum absolute atomic E-state index is 5.18. The number of aryl methyl sites for hydroxylation is 1. The third kappa shape index (κ3) is 5.38. The van der Waals surface area contributed by atoms with Crippen LogP contribution in [0.2, 0.25) is 0 Å². The van der Waals surface area contributed by atoms with Crippen LogP contribution in [-0.2, 0) is 17.7 Å². The molecule has 0 fully saturated rings. The van der Waals surface area contributed by atoms with Crippen molar-refractivity contribution in [1.29, 1.82) is 0 Å². The minimum Gasteiger partial charge on any atom is -0.383 e. The molecular formula is C15H29N3OS. The van der Waals surface area contributed by atoms with Gasteiger partial charge in [0.1, 0.15) is 0 Å². The summed E-state index contributed by atoms with van der Waals surface area (Å²) in [6.45, 7) is 12.3. The maximum Gasteiger partial charge on any atom is 0.185 e. The third-order valence-corrected chi connectivity index (χ3v) is 4.30. The summed E-state index contributed by atoms with van der Waals surface area (Å²) in [5.74, 6) is 0. The van der Waals surface area contributed by atoms with Crippen LogP contribution >= 0.6 is 11.3 Å². The highest BCUT2D eigenvalue weighted by atomic mass is 32.1. The molecule has 0 spiro atoms. The van der Waals surface area contributed by atoms with Gasteiger partial charge in [0.25, 0.3) is 0 Å². The molecule has 0 saturated heterocycles. The van der Waals surface area contributed by atoms with E-state index in [0.717, 1.165) is 44.2 Å². The number of nitrogens with zero attached hydrogens (tertiary/aromatic N) is 2. The first-order chi connectivity index (χ1) is 9.62. The molecule has 0 bridgehead atoms. The molecule has 0 aliphatic heterocycles. The predicted molar refractivity (Wildman–Crippen MR) is 87.8 cm³/mol. The lowest BCUT2D eigenvalue weighted by Gasteiger charge is -2.18. The van der Waals surface area contributed by atoms with Crippen molar-refractivity contribution in [3.63, 3.8) is 0 Å². The fourth-order valence-corrected chi connectivity index (χ4v) is 3.11. The van der Waals surface area contributed by atoms with Crippen molar-refractivity contribution < 1.29 is 4.74 Å². The molecular weight excluding hydrogens is 270 g/mol. The molecule has 0 aliphatic carbocycles. The van der Waals surface area contributed by atoms with Gasteiger partial charge in [0.2, 0.25) is 0 Å². The summed E-state index contributed by atoms with van der Waals surface area (Å²) in [6, 6.07) is 0.505. The number of likely N-dealkylation sites (N-methyl/N-ethyl adjacent to an activating group) is 1. The van der Waals surface area contributed by atoms with Gasteiger partial charge in [-0.25, -0.2) is 4.98 Å². The van der Waals surface area contributed by atoms with E-state index in [-0.39, 0.29) is 0 Å².